The number of rotatable bonds is 4. The van der Waals surface area contributed by atoms with Gasteiger partial charge in [0.25, 0.3) is 0 Å². The predicted octanol–water partition coefficient (Wildman–Crippen LogP) is 2.07. The minimum Gasteiger partial charge on any atom is -0.329 e. The van der Waals surface area contributed by atoms with Crippen LogP contribution >= 0.6 is 7.37 Å². The lowest BCUT2D eigenvalue weighted by Crippen LogP contribution is -2.07. The van der Waals surface area contributed by atoms with Crippen molar-refractivity contribution in [3.05, 3.63) is 29.8 Å². The summed E-state index contributed by atoms with van der Waals surface area (Å²) in [5.74, 6) is 0. The lowest BCUT2D eigenvalue weighted by molar-refractivity contribution is 0.112. The molecule has 0 aromatic heterocycles. The van der Waals surface area contributed by atoms with Gasteiger partial charge in [-0.2, -0.15) is 0 Å². The van der Waals surface area contributed by atoms with E-state index in [1.54, 1.807) is 24.3 Å². The van der Waals surface area contributed by atoms with Gasteiger partial charge in [-0.3, -0.25) is 9.36 Å². The first kappa shape index (κ1) is 11.2. The average molecular weight is 212 g/mol. The highest BCUT2D eigenvalue weighted by Crippen LogP contribution is 2.43. The van der Waals surface area contributed by atoms with Crippen molar-refractivity contribution >= 4 is 19.0 Å². The van der Waals surface area contributed by atoms with E-state index in [0.29, 0.717) is 17.0 Å². The molecule has 0 amide bonds. The van der Waals surface area contributed by atoms with Gasteiger partial charge < -0.3 is 4.52 Å². The maximum Gasteiger partial charge on any atom is 0.231 e. The van der Waals surface area contributed by atoms with E-state index in [0.717, 1.165) is 6.29 Å². The molecule has 3 nitrogen and oxygen atoms in total. The summed E-state index contributed by atoms with van der Waals surface area (Å²) < 4.78 is 17.1. The molecule has 4 heteroatoms. The van der Waals surface area contributed by atoms with Crippen LogP contribution in [0.1, 0.15) is 17.3 Å². The lowest BCUT2D eigenvalue weighted by atomic mass is 10.2. The highest BCUT2D eigenvalue weighted by atomic mass is 31.2. The lowest BCUT2D eigenvalue weighted by Gasteiger charge is -2.13. The molecule has 1 rings (SSSR count). The second-order valence-corrected chi connectivity index (χ2v) is 5.74. The smallest absolute Gasteiger partial charge is 0.231 e. The first-order valence-corrected chi connectivity index (χ1v) is 6.18. The van der Waals surface area contributed by atoms with Gasteiger partial charge in [-0.1, -0.05) is 19.1 Å². The fourth-order valence-electron chi connectivity index (χ4n) is 1.20. The van der Waals surface area contributed by atoms with Gasteiger partial charge in [-0.25, -0.2) is 0 Å². The van der Waals surface area contributed by atoms with Crippen molar-refractivity contribution in [2.24, 2.45) is 0 Å². The molecular formula is C10H13O3P. The standard InChI is InChI=1S/C10H13O3P/c1-3-14(12,13-2)10-6-4-9(8-11)5-7-10/h4-8H,3H2,1-2H3. The summed E-state index contributed by atoms with van der Waals surface area (Å²) in [7, 11) is -1.24. The summed E-state index contributed by atoms with van der Waals surface area (Å²) in [5.41, 5.74) is 0.576. The van der Waals surface area contributed by atoms with E-state index in [4.69, 9.17) is 4.52 Å². The topological polar surface area (TPSA) is 43.4 Å². The molecule has 76 valence electrons. The highest BCUT2D eigenvalue weighted by molar-refractivity contribution is 7.66. The van der Waals surface area contributed by atoms with Gasteiger partial charge in [0, 0.05) is 24.1 Å². The quantitative estimate of drug-likeness (QED) is 0.566. The first-order valence-electron chi connectivity index (χ1n) is 4.37. The second-order valence-electron chi connectivity index (χ2n) is 2.88. The first-order chi connectivity index (χ1) is 6.66. The molecule has 0 radical (unpaired) electrons. The van der Waals surface area contributed by atoms with Crippen molar-refractivity contribution in [2.75, 3.05) is 13.3 Å². The van der Waals surface area contributed by atoms with Crippen LogP contribution in [0.2, 0.25) is 0 Å². The van der Waals surface area contributed by atoms with E-state index in [9.17, 15) is 9.36 Å². The minimum absolute atomic E-state index is 0.462. The Morgan fingerprint density at radius 3 is 2.29 bits per heavy atom. The third kappa shape index (κ3) is 2.11. The van der Waals surface area contributed by atoms with Gasteiger partial charge in [0.2, 0.25) is 7.37 Å². The summed E-state index contributed by atoms with van der Waals surface area (Å²) >= 11 is 0. The van der Waals surface area contributed by atoms with Crippen molar-refractivity contribution in [3.63, 3.8) is 0 Å². The molecule has 1 unspecified atom stereocenters. The average Bonchev–Trinajstić information content (AvgIpc) is 2.28. The zero-order chi connectivity index (χ0) is 10.6. The Hall–Kier alpha value is -0.920. The molecule has 0 aliphatic heterocycles. The number of hydrogen-bond acceptors (Lipinski definition) is 3. The molecule has 0 saturated heterocycles. The van der Waals surface area contributed by atoms with Crippen LogP contribution in [0.25, 0.3) is 0 Å². The largest absolute Gasteiger partial charge is 0.329 e. The molecule has 0 saturated carbocycles. The predicted molar refractivity (Wildman–Crippen MR) is 56.6 cm³/mol. The summed E-state index contributed by atoms with van der Waals surface area (Å²) in [6, 6.07) is 6.64. The van der Waals surface area contributed by atoms with Crippen molar-refractivity contribution in [2.45, 2.75) is 6.92 Å². The molecule has 0 heterocycles. The minimum atomic E-state index is -2.68. The van der Waals surface area contributed by atoms with E-state index < -0.39 is 7.37 Å². The van der Waals surface area contributed by atoms with Gasteiger partial charge in [-0.15, -0.1) is 0 Å². The van der Waals surface area contributed by atoms with Crippen LogP contribution < -0.4 is 5.30 Å². The monoisotopic (exact) mass is 212 g/mol. The van der Waals surface area contributed by atoms with E-state index in [1.807, 2.05) is 6.92 Å². The summed E-state index contributed by atoms with van der Waals surface area (Å²) in [5, 5.41) is 0.660. The fourth-order valence-corrected chi connectivity index (χ4v) is 2.63. The number of hydrogen-bond donors (Lipinski definition) is 0. The Balaban J connectivity index is 3.07. The van der Waals surface area contributed by atoms with Crippen LogP contribution in [-0.4, -0.2) is 19.6 Å². The van der Waals surface area contributed by atoms with E-state index in [-0.39, 0.29) is 0 Å². The van der Waals surface area contributed by atoms with E-state index in [1.165, 1.54) is 7.11 Å². The Morgan fingerprint density at radius 2 is 1.93 bits per heavy atom. The van der Waals surface area contributed by atoms with Crippen molar-refractivity contribution in [1.82, 2.24) is 0 Å². The fraction of sp³-hybridized carbons (Fsp3) is 0.300. The van der Waals surface area contributed by atoms with Gasteiger partial charge in [0.1, 0.15) is 6.29 Å². The number of benzene rings is 1. The zero-order valence-electron chi connectivity index (χ0n) is 8.27. The van der Waals surface area contributed by atoms with Crippen LogP contribution in [-0.2, 0) is 9.09 Å². The molecular weight excluding hydrogens is 199 g/mol. The van der Waals surface area contributed by atoms with Crippen molar-refractivity contribution < 1.29 is 13.9 Å². The van der Waals surface area contributed by atoms with E-state index in [2.05, 4.69) is 0 Å². The van der Waals surface area contributed by atoms with Crippen molar-refractivity contribution in [3.8, 4) is 0 Å². The van der Waals surface area contributed by atoms with Gasteiger partial charge in [0.05, 0.1) is 0 Å². The molecule has 14 heavy (non-hydrogen) atoms. The third-order valence-corrected chi connectivity index (χ3v) is 4.64. The van der Waals surface area contributed by atoms with Gasteiger partial charge in [-0.05, 0) is 12.1 Å². The summed E-state index contributed by atoms with van der Waals surface area (Å²) in [4.78, 5) is 10.4. The van der Waals surface area contributed by atoms with E-state index >= 15 is 0 Å². The Bertz CT molecular complexity index is 348. The van der Waals surface area contributed by atoms with Crippen LogP contribution in [0.15, 0.2) is 24.3 Å². The van der Waals surface area contributed by atoms with Crippen LogP contribution in [0.5, 0.6) is 0 Å². The SMILES string of the molecule is CCP(=O)(OC)c1ccc(C=O)cc1. The Labute approximate surface area is 83.5 Å². The molecule has 0 fully saturated rings. The second kappa shape index (κ2) is 4.54. The normalized spacial score (nSPS) is 14.7. The molecule has 0 aliphatic carbocycles. The molecule has 0 spiro atoms. The third-order valence-electron chi connectivity index (χ3n) is 2.13. The number of carbonyl (C=O) groups excluding carboxylic acids is 1. The van der Waals surface area contributed by atoms with Crippen LogP contribution in [0, 0.1) is 0 Å². The Kier molecular flexibility index (Phi) is 3.62. The Morgan fingerprint density at radius 1 is 1.36 bits per heavy atom. The highest BCUT2D eigenvalue weighted by Gasteiger charge is 2.21. The van der Waals surface area contributed by atoms with Gasteiger partial charge >= 0.3 is 0 Å². The number of aldehydes is 1. The molecule has 1 atom stereocenters. The summed E-state index contributed by atoms with van der Waals surface area (Å²) in [6.07, 6.45) is 1.22. The maximum absolute atomic E-state index is 12.0. The van der Waals surface area contributed by atoms with Crippen LogP contribution in [0.3, 0.4) is 0 Å². The molecule has 0 N–H and O–H groups in total. The molecule has 0 bridgehead atoms. The molecule has 1 aromatic carbocycles. The maximum atomic E-state index is 12.0. The summed E-state index contributed by atoms with van der Waals surface area (Å²) in [6.45, 7) is 1.82. The van der Waals surface area contributed by atoms with Crippen LogP contribution in [0.4, 0.5) is 0 Å². The molecule has 1 aromatic rings. The zero-order valence-corrected chi connectivity index (χ0v) is 9.16. The molecule has 0 aliphatic rings. The number of carbonyl (C=O) groups is 1. The van der Waals surface area contributed by atoms with Gasteiger partial charge in [0.15, 0.2) is 0 Å². The van der Waals surface area contributed by atoms with Crippen molar-refractivity contribution in [1.29, 1.82) is 0 Å².